The van der Waals surface area contributed by atoms with Gasteiger partial charge in [0.1, 0.15) is 16.0 Å². The van der Waals surface area contributed by atoms with Crippen molar-refractivity contribution in [3.63, 3.8) is 0 Å². The third kappa shape index (κ3) is 5.82. The first-order valence-corrected chi connectivity index (χ1v) is 13.9. The number of ether oxygens (including phenoxy) is 1. The lowest BCUT2D eigenvalue weighted by Crippen LogP contribution is -2.42. The van der Waals surface area contributed by atoms with Crippen LogP contribution < -0.4 is 9.46 Å². The Balaban J connectivity index is 1.92. The summed E-state index contributed by atoms with van der Waals surface area (Å²) in [5.74, 6) is 0.409. The van der Waals surface area contributed by atoms with Crippen molar-refractivity contribution in [1.82, 2.24) is 14.7 Å². The molecule has 31 heavy (non-hydrogen) atoms. The minimum absolute atomic E-state index is 0.175. The first kappa shape index (κ1) is 24.5. The third-order valence-electron chi connectivity index (χ3n) is 5.43. The van der Waals surface area contributed by atoms with Crippen molar-refractivity contribution >= 4 is 43.6 Å². The van der Waals surface area contributed by atoms with E-state index in [4.69, 9.17) is 16.3 Å². The van der Waals surface area contributed by atoms with E-state index in [2.05, 4.69) is 21.6 Å². The molecule has 0 aromatic carbocycles. The van der Waals surface area contributed by atoms with Gasteiger partial charge in [-0.15, -0.1) is 4.72 Å². The Morgan fingerprint density at radius 2 is 1.97 bits per heavy atom. The highest BCUT2D eigenvalue weighted by molar-refractivity contribution is 7.91. The highest BCUT2D eigenvalue weighted by Gasteiger charge is 2.38. The van der Waals surface area contributed by atoms with Gasteiger partial charge in [-0.2, -0.15) is 0 Å². The van der Waals surface area contributed by atoms with Gasteiger partial charge in [0.25, 0.3) is 0 Å². The summed E-state index contributed by atoms with van der Waals surface area (Å²) in [7, 11) is -3.05. The molecule has 2 aromatic rings. The van der Waals surface area contributed by atoms with Crippen LogP contribution in [0.5, 0.6) is 5.88 Å². The van der Waals surface area contributed by atoms with Crippen molar-refractivity contribution in [2.24, 2.45) is 0 Å². The van der Waals surface area contributed by atoms with Crippen LogP contribution in [0.15, 0.2) is 18.5 Å². The molecular weight excluding hydrogens is 458 g/mol. The molecule has 0 saturated heterocycles. The number of nitrogens with one attached hydrogen (secondary N) is 1. The second kappa shape index (κ2) is 9.39. The number of nitrogens with zero attached hydrogens (tertiary/aromatic N) is 2. The Labute approximate surface area is 192 Å². The summed E-state index contributed by atoms with van der Waals surface area (Å²) < 4.78 is 45.0. The zero-order valence-electron chi connectivity index (χ0n) is 18.5. The molecular formula is C21H30ClN3O4S2. The van der Waals surface area contributed by atoms with E-state index in [1.165, 1.54) is 6.26 Å². The summed E-state index contributed by atoms with van der Waals surface area (Å²) in [4.78, 5) is 8.71. The SMILES string of the molecule is CCCC(N[S+]([O-])C(C)(C)C)c1cnc(OC2CC(S(C)(=O)=O)C2)c2cnc(Cl)cc12. The van der Waals surface area contributed by atoms with Gasteiger partial charge in [0.05, 0.1) is 16.7 Å². The van der Waals surface area contributed by atoms with E-state index in [0.717, 1.165) is 23.8 Å². The quantitative estimate of drug-likeness (QED) is 0.440. The predicted molar refractivity (Wildman–Crippen MR) is 126 cm³/mol. The van der Waals surface area contributed by atoms with Gasteiger partial charge in [-0.25, -0.2) is 18.4 Å². The minimum atomic E-state index is -3.05. The highest BCUT2D eigenvalue weighted by Crippen LogP contribution is 2.36. The number of sulfone groups is 1. The Kier molecular flexibility index (Phi) is 7.42. The van der Waals surface area contributed by atoms with E-state index < -0.39 is 25.9 Å². The maximum atomic E-state index is 12.8. The van der Waals surface area contributed by atoms with Gasteiger partial charge in [0.2, 0.25) is 5.88 Å². The molecule has 1 aliphatic rings. The number of aromatic nitrogens is 2. The monoisotopic (exact) mass is 487 g/mol. The molecule has 0 bridgehead atoms. The van der Waals surface area contributed by atoms with Crippen LogP contribution in [-0.2, 0) is 21.2 Å². The molecule has 10 heteroatoms. The zero-order valence-corrected chi connectivity index (χ0v) is 20.9. The van der Waals surface area contributed by atoms with E-state index >= 15 is 0 Å². The Hall–Kier alpha value is -1.13. The molecule has 0 aliphatic heterocycles. The lowest BCUT2D eigenvalue weighted by Gasteiger charge is -2.34. The normalized spacial score (nSPS) is 21.5. The molecule has 0 spiro atoms. The highest BCUT2D eigenvalue weighted by atomic mass is 35.5. The topological polar surface area (TPSA) is 104 Å². The van der Waals surface area contributed by atoms with Crippen LogP contribution in [0.25, 0.3) is 10.8 Å². The number of hydrogen-bond acceptors (Lipinski definition) is 7. The first-order chi connectivity index (χ1) is 14.4. The van der Waals surface area contributed by atoms with Crippen molar-refractivity contribution in [2.75, 3.05) is 6.26 Å². The molecule has 1 fully saturated rings. The van der Waals surface area contributed by atoms with Crippen LogP contribution in [0, 0.1) is 0 Å². The summed E-state index contributed by atoms with van der Waals surface area (Å²) in [6.45, 7) is 7.85. The number of fused-ring (bicyclic) bond motifs is 1. The predicted octanol–water partition coefficient (Wildman–Crippen LogP) is 4.13. The number of hydrogen-bond donors (Lipinski definition) is 1. The van der Waals surface area contributed by atoms with Gasteiger partial charge >= 0.3 is 0 Å². The van der Waals surface area contributed by atoms with Crippen LogP contribution in [0.2, 0.25) is 5.15 Å². The molecule has 1 saturated carbocycles. The van der Waals surface area contributed by atoms with Crippen molar-refractivity contribution in [3.05, 3.63) is 29.2 Å². The number of pyridine rings is 2. The molecule has 2 heterocycles. The molecule has 172 valence electrons. The van der Waals surface area contributed by atoms with E-state index in [-0.39, 0.29) is 17.4 Å². The van der Waals surface area contributed by atoms with Crippen molar-refractivity contribution in [3.8, 4) is 5.88 Å². The largest absolute Gasteiger partial charge is 0.598 e. The fourth-order valence-corrected chi connectivity index (χ4v) is 5.61. The van der Waals surface area contributed by atoms with Gasteiger partial charge in [-0.1, -0.05) is 24.9 Å². The maximum Gasteiger partial charge on any atom is 0.223 e. The van der Waals surface area contributed by atoms with Crippen LogP contribution >= 0.6 is 11.6 Å². The summed E-state index contributed by atoms with van der Waals surface area (Å²) in [6, 6.07) is 1.59. The van der Waals surface area contributed by atoms with Crippen LogP contribution in [0.1, 0.15) is 65.0 Å². The fraction of sp³-hybridized carbons (Fsp3) is 0.619. The first-order valence-electron chi connectivity index (χ1n) is 10.4. The molecule has 2 unspecified atom stereocenters. The van der Waals surface area contributed by atoms with Crippen molar-refractivity contribution < 1.29 is 17.7 Å². The molecule has 7 nitrogen and oxygen atoms in total. The van der Waals surface area contributed by atoms with E-state index in [1.807, 2.05) is 20.8 Å². The zero-order chi connectivity index (χ0) is 23.0. The second-order valence-corrected chi connectivity index (χ2v) is 13.8. The summed E-state index contributed by atoms with van der Waals surface area (Å²) >= 11 is 4.95. The number of halogens is 1. The fourth-order valence-electron chi connectivity index (χ4n) is 3.47. The standard InChI is InChI=1S/C21H30ClN3O4S2/c1-6-7-18(25-30(26)21(2,3)4)16-11-24-20(17-12-23-19(22)10-15(16)17)29-13-8-14(9-13)31(5,27)28/h10-14,18,25H,6-9H2,1-5H3. The van der Waals surface area contributed by atoms with Crippen molar-refractivity contribution in [1.29, 1.82) is 0 Å². The average Bonchev–Trinajstić information content (AvgIpc) is 2.61. The van der Waals surface area contributed by atoms with Gasteiger partial charge in [0.15, 0.2) is 9.84 Å². The summed E-state index contributed by atoms with van der Waals surface area (Å²) in [6.07, 6.45) is 6.99. The Bertz CT molecular complexity index is 1040. The van der Waals surface area contributed by atoms with E-state index in [9.17, 15) is 13.0 Å². The molecule has 2 aromatic heterocycles. The molecule has 3 rings (SSSR count). The summed E-state index contributed by atoms with van der Waals surface area (Å²) in [5, 5.41) is 1.52. The molecule has 1 N–H and O–H groups in total. The summed E-state index contributed by atoms with van der Waals surface area (Å²) in [5.41, 5.74) is 0.883. The van der Waals surface area contributed by atoms with Crippen LogP contribution in [0.3, 0.4) is 0 Å². The average molecular weight is 488 g/mol. The molecule has 0 radical (unpaired) electrons. The van der Waals surface area contributed by atoms with Crippen LogP contribution in [0.4, 0.5) is 0 Å². The lowest BCUT2D eigenvalue weighted by atomic mass is 9.95. The van der Waals surface area contributed by atoms with E-state index in [0.29, 0.717) is 29.3 Å². The smallest absolute Gasteiger partial charge is 0.223 e. The second-order valence-electron chi connectivity index (χ2n) is 9.07. The minimum Gasteiger partial charge on any atom is -0.598 e. The Morgan fingerprint density at radius 3 is 2.55 bits per heavy atom. The molecule has 1 aliphatic carbocycles. The van der Waals surface area contributed by atoms with Gasteiger partial charge in [-0.3, -0.25) is 0 Å². The number of rotatable bonds is 8. The maximum absolute atomic E-state index is 12.8. The van der Waals surface area contributed by atoms with E-state index in [1.54, 1.807) is 18.5 Å². The Morgan fingerprint density at radius 1 is 1.29 bits per heavy atom. The van der Waals surface area contributed by atoms with Crippen LogP contribution in [-0.4, -0.2) is 45.3 Å². The third-order valence-corrected chi connectivity index (χ3v) is 8.84. The van der Waals surface area contributed by atoms with Crippen molar-refractivity contribution in [2.45, 2.75) is 75.5 Å². The van der Waals surface area contributed by atoms with Gasteiger partial charge < -0.3 is 9.29 Å². The van der Waals surface area contributed by atoms with Gasteiger partial charge in [0, 0.05) is 48.4 Å². The molecule has 2 atom stereocenters. The molecule has 0 amide bonds. The van der Waals surface area contributed by atoms with Gasteiger partial charge in [-0.05, 0) is 38.6 Å². The lowest BCUT2D eigenvalue weighted by molar-refractivity contribution is 0.119.